The highest BCUT2D eigenvalue weighted by Crippen LogP contribution is 2.25. The molecule has 2 heterocycles. The maximum atomic E-state index is 5.81. The van der Waals surface area contributed by atoms with E-state index in [0.717, 1.165) is 30.5 Å². The molecule has 1 aromatic carbocycles. The number of hydrogen-bond acceptors (Lipinski definition) is 5. The Morgan fingerprint density at radius 2 is 1.95 bits per heavy atom. The Bertz CT molecular complexity index is 597. The summed E-state index contributed by atoms with van der Waals surface area (Å²) in [5, 5.41) is 3.42. The number of nitrogens with one attached hydrogen (secondary N) is 1. The summed E-state index contributed by atoms with van der Waals surface area (Å²) in [5.74, 6) is 1.63. The highest BCUT2D eigenvalue weighted by molar-refractivity contribution is 5.75. The lowest BCUT2D eigenvalue weighted by Crippen LogP contribution is -2.30. The van der Waals surface area contributed by atoms with Crippen LogP contribution in [0.2, 0.25) is 0 Å². The fourth-order valence-corrected chi connectivity index (χ4v) is 2.69. The van der Waals surface area contributed by atoms with Crippen molar-refractivity contribution in [3.05, 3.63) is 24.3 Å². The van der Waals surface area contributed by atoms with Crippen LogP contribution in [0.3, 0.4) is 0 Å². The Morgan fingerprint density at radius 1 is 1.19 bits per heavy atom. The minimum Gasteiger partial charge on any atom is -0.477 e. The van der Waals surface area contributed by atoms with E-state index in [2.05, 4.69) is 15.3 Å². The van der Waals surface area contributed by atoms with Crippen LogP contribution in [0.15, 0.2) is 24.3 Å². The van der Waals surface area contributed by atoms with Crippen molar-refractivity contribution in [1.82, 2.24) is 15.3 Å². The molecule has 2 aromatic rings. The van der Waals surface area contributed by atoms with Gasteiger partial charge in [0.2, 0.25) is 0 Å². The molecular formula is C16H21N3O2. The maximum absolute atomic E-state index is 5.81. The smallest absolute Gasteiger partial charge is 0.278 e. The third kappa shape index (κ3) is 3.42. The first-order chi connectivity index (χ1) is 10.4. The number of nitrogens with zero attached hydrogens (tertiary/aromatic N) is 2. The lowest BCUT2D eigenvalue weighted by Gasteiger charge is -2.22. The van der Waals surface area contributed by atoms with Gasteiger partial charge >= 0.3 is 0 Å². The van der Waals surface area contributed by atoms with Gasteiger partial charge in [-0.1, -0.05) is 12.1 Å². The zero-order valence-corrected chi connectivity index (χ0v) is 12.3. The van der Waals surface area contributed by atoms with Crippen LogP contribution < -0.4 is 14.8 Å². The standard InChI is InChI=1S/C16H21N3O2/c1-20-15-16(19-14-7-3-2-6-13(14)18-15)21-10-8-12-5-4-9-17-11-12/h2-3,6-7,12,17H,4-5,8-11H2,1H3. The molecular weight excluding hydrogens is 266 g/mol. The lowest BCUT2D eigenvalue weighted by molar-refractivity contribution is 0.236. The highest BCUT2D eigenvalue weighted by Gasteiger charge is 2.15. The number of fused-ring (bicyclic) bond motifs is 1. The summed E-state index contributed by atoms with van der Waals surface area (Å²) in [7, 11) is 1.59. The predicted octanol–water partition coefficient (Wildman–Crippen LogP) is 2.41. The van der Waals surface area contributed by atoms with Crippen molar-refractivity contribution < 1.29 is 9.47 Å². The minimum atomic E-state index is 0.454. The molecule has 5 nitrogen and oxygen atoms in total. The number of aromatic nitrogens is 2. The number of para-hydroxylation sites is 2. The number of piperidine rings is 1. The highest BCUT2D eigenvalue weighted by atomic mass is 16.5. The fourth-order valence-electron chi connectivity index (χ4n) is 2.69. The van der Waals surface area contributed by atoms with Gasteiger partial charge in [0.15, 0.2) is 0 Å². The molecule has 0 spiro atoms. The summed E-state index contributed by atoms with van der Waals surface area (Å²) in [5.41, 5.74) is 1.64. The van der Waals surface area contributed by atoms with Crippen LogP contribution >= 0.6 is 0 Å². The third-order valence-corrected chi connectivity index (χ3v) is 3.87. The molecule has 112 valence electrons. The van der Waals surface area contributed by atoms with E-state index in [0.29, 0.717) is 24.3 Å². The van der Waals surface area contributed by atoms with Crippen LogP contribution in [0.5, 0.6) is 11.8 Å². The van der Waals surface area contributed by atoms with Crippen LogP contribution in [-0.2, 0) is 0 Å². The Hall–Kier alpha value is -1.88. The Morgan fingerprint density at radius 3 is 2.62 bits per heavy atom. The minimum absolute atomic E-state index is 0.454. The number of rotatable bonds is 5. The molecule has 1 aromatic heterocycles. The molecule has 1 fully saturated rings. The predicted molar refractivity (Wildman–Crippen MR) is 81.8 cm³/mol. The zero-order valence-electron chi connectivity index (χ0n) is 12.3. The van der Waals surface area contributed by atoms with Crippen molar-refractivity contribution in [2.24, 2.45) is 5.92 Å². The molecule has 1 saturated heterocycles. The van der Waals surface area contributed by atoms with Crippen molar-refractivity contribution in [2.45, 2.75) is 19.3 Å². The van der Waals surface area contributed by atoms with Gasteiger partial charge in [-0.15, -0.1) is 0 Å². The summed E-state index contributed by atoms with van der Waals surface area (Å²) >= 11 is 0. The van der Waals surface area contributed by atoms with Gasteiger partial charge in [-0.2, -0.15) is 0 Å². The van der Waals surface area contributed by atoms with Crippen LogP contribution in [0.1, 0.15) is 19.3 Å². The van der Waals surface area contributed by atoms with Gasteiger partial charge in [0.05, 0.1) is 24.8 Å². The molecule has 0 amide bonds. The molecule has 0 radical (unpaired) electrons. The largest absolute Gasteiger partial charge is 0.477 e. The number of ether oxygens (including phenoxy) is 2. The molecule has 1 N–H and O–H groups in total. The van der Waals surface area contributed by atoms with Crippen molar-refractivity contribution in [1.29, 1.82) is 0 Å². The first-order valence-corrected chi connectivity index (χ1v) is 7.51. The second-order valence-electron chi connectivity index (χ2n) is 5.38. The third-order valence-electron chi connectivity index (χ3n) is 3.87. The van der Waals surface area contributed by atoms with Gasteiger partial charge in [-0.25, -0.2) is 9.97 Å². The Labute approximate surface area is 124 Å². The van der Waals surface area contributed by atoms with E-state index in [1.54, 1.807) is 7.11 Å². The molecule has 1 aliphatic heterocycles. The summed E-state index contributed by atoms with van der Waals surface area (Å²) in [4.78, 5) is 8.94. The lowest BCUT2D eigenvalue weighted by atomic mass is 9.97. The van der Waals surface area contributed by atoms with Gasteiger partial charge in [-0.3, -0.25) is 0 Å². The van der Waals surface area contributed by atoms with Gasteiger partial charge < -0.3 is 14.8 Å². The van der Waals surface area contributed by atoms with E-state index in [-0.39, 0.29) is 0 Å². The van der Waals surface area contributed by atoms with Crippen LogP contribution in [0.25, 0.3) is 11.0 Å². The fraction of sp³-hybridized carbons (Fsp3) is 0.500. The molecule has 0 saturated carbocycles. The van der Waals surface area contributed by atoms with Crippen molar-refractivity contribution in [3.63, 3.8) is 0 Å². The van der Waals surface area contributed by atoms with Crippen LogP contribution in [-0.4, -0.2) is 36.8 Å². The molecule has 3 rings (SSSR count). The quantitative estimate of drug-likeness (QED) is 0.915. The van der Waals surface area contributed by atoms with E-state index >= 15 is 0 Å². The normalized spacial score (nSPS) is 18.6. The van der Waals surface area contributed by atoms with Gasteiger partial charge in [0.1, 0.15) is 0 Å². The first kappa shape index (κ1) is 14.1. The van der Waals surface area contributed by atoms with Crippen LogP contribution in [0.4, 0.5) is 0 Å². The molecule has 0 aliphatic carbocycles. The summed E-state index contributed by atoms with van der Waals surface area (Å²) in [6.45, 7) is 2.88. The number of benzene rings is 1. The average molecular weight is 287 g/mol. The average Bonchev–Trinajstić information content (AvgIpc) is 2.55. The summed E-state index contributed by atoms with van der Waals surface area (Å²) < 4.78 is 11.1. The monoisotopic (exact) mass is 287 g/mol. The summed E-state index contributed by atoms with van der Waals surface area (Å²) in [6, 6.07) is 7.73. The van der Waals surface area contributed by atoms with Crippen molar-refractivity contribution in [2.75, 3.05) is 26.8 Å². The van der Waals surface area contributed by atoms with Crippen LogP contribution in [0, 0.1) is 5.92 Å². The van der Waals surface area contributed by atoms with Gasteiger partial charge in [-0.05, 0) is 50.4 Å². The maximum Gasteiger partial charge on any atom is 0.278 e. The summed E-state index contributed by atoms with van der Waals surface area (Å²) in [6.07, 6.45) is 3.56. The first-order valence-electron chi connectivity index (χ1n) is 7.51. The molecule has 0 bridgehead atoms. The molecule has 21 heavy (non-hydrogen) atoms. The number of hydrogen-bond donors (Lipinski definition) is 1. The second-order valence-corrected chi connectivity index (χ2v) is 5.38. The molecule has 5 heteroatoms. The Kier molecular flexibility index (Phi) is 4.50. The molecule has 1 aliphatic rings. The molecule has 1 atom stereocenters. The van der Waals surface area contributed by atoms with E-state index < -0.39 is 0 Å². The second kappa shape index (κ2) is 6.72. The van der Waals surface area contributed by atoms with Crippen molar-refractivity contribution in [3.8, 4) is 11.8 Å². The zero-order chi connectivity index (χ0) is 14.5. The topological polar surface area (TPSA) is 56.3 Å². The van der Waals surface area contributed by atoms with E-state index in [1.165, 1.54) is 12.8 Å². The Balaban J connectivity index is 1.67. The van der Waals surface area contributed by atoms with Gasteiger partial charge in [0, 0.05) is 0 Å². The SMILES string of the molecule is COc1nc2ccccc2nc1OCCC1CCCNC1. The number of methoxy groups -OCH3 is 1. The van der Waals surface area contributed by atoms with E-state index in [4.69, 9.17) is 9.47 Å². The van der Waals surface area contributed by atoms with E-state index in [9.17, 15) is 0 Å². The van der Waals surface area contributed by atoms with Crippen molar-refractivity contribution >= 4 is 11.0 Å². The van der Waals surface area contributed by atoms with E-state index in [1.807, 2.05) is 24.3 Å². The molecule has 1 unspecified atom stereocenters. The van der Waals surface area contributed by atoms with Gasteiger partial charge in [0.25, 0.3) is 11.8 Å².